The first-order valence-electron chi connectivity index (χ1n) is 7.10. The van der Waals surface area contributed by atoms with Crippen LogP contribution < -0.4 is 5.73 Å². The van der Waals surface area contributed by atoms with Gasteiger partial charge in [0.1, 0.15) is 0 Å². The molecule has 0 aromatic rings. The molecule has 0 radical (unpaired) electrons. The molecular weight excluding hydrogens is 226 g/mol. The van der Waals surface area contributed by atoms with Crippen LogP contribution in [0, 0.1) is 0 Å². The van der Waals surface area contributed by atoms with Gasteiger partial charge in [0, 0.05) is 25.7 Å². The standard InChI is InChI=1S/C13H25N5/c1-16(2)8-9-18-12(14)15-10-13(18)5-7-17-6-3-4-11(13)17/h11H,3-10H2,1-2H3,(H2,14,15). The lowest BCUT2D eigenvalue weighted by molar-refractivity contribution is 0.140. The molecular formula is C13H25N5. The minimum atomic E-state index is 0.219. The van der Waals surface area contributed by atoms with Crippen molar-refractivity contribution >= 4 is 5.96 Å². The second kappa shape index (κ2) is 4.38. The third-order valence-electron chi connectivity index (χ3n) is 4.92. The van der Waals surface area contributed by atoms with E-state index < -0.39 is 0 Å². The molecule has 5 heteroatoms. The molecule has 3 heterocycles. The van der Waals surface area contributed by atoms with E-state index in [1.807, 2.05) is 0 Å². The van der Waals surface area contributed by atoms with E-state index in [0.717, 1.165) is 25.6 Å². The molecule has 3 rings (SSSR count). The van der Waals surface area contributed by atoms with Gasteiger partial charge in [-0.05, 0) is 39.9 Å². The van der Waals surface area contributed by atoms with Crippen LogP contribution in [0.3, 0.4) is 0 Å². The van der Waals surface area contributed by atoms with Crippen LogP contribution in [0.15, 0.2) is 4.99 Å². The Morgan fingerprint density at radius 3 is 3.06 bits per heavy atom. The van der Waals surface area contributed by atoms with Gasteiger partial charge in [-0.1, -0.05) is 0 Å². The molecule has 2 N–H and O–H groups in total. The molecule has 5 nitrogen and oxygen atoms in total. The Hall–Kier alpha value is -0.810. The number of nitrogens with two attached hydrogens (primary N) is 1. The summed E-state index contributed by atoms with van der Waals surface area (Å²) in [5.74, 6) is 0.769. The maximum Gasteiger partial charge on any atom is 0.191 e. The summed E-state index contributed by atoms with van der Waals surface area (Å²) in [5, 5.41) is 0. The van der Waals surface area contributed by atoms with Crippen LogP contribution in [-0.2, 0) is 0 Å². The summed E-state index contributed by atoms with van der Waals surface area (Å²) < 4.78 is 0. The van der Waals surface area contributed by atoms with Crippen molar-refractivity contribution in [2.75, 3.05) is 46.8 Å². The average molecular weight is 251 g/mol. The molecule has 0 aromatic carbocycles. The Balaban J connectivity index is 1.78. The van der Waals surface area contributed by atoms with Crippen molar-refractivity contribution in [3.63, 3.8) is 0 Å². The molecule has 3 aliphatic heterocycles. The number of rotatable bonds is 3. The van der Waals surface area contributed by atoms with Gasteiger partial charge in [0.2, 0.25) is 0 Å². The molecule has 1 spiro atoms. The second-order valence-corrected chi connectivity index (χ2v) is 6.18. The molecule has 102 valence electrons. The molecule has 2 fully saturated rings. The van der Waals surface area contributed by atoms with E-state index in [2.05, 4.69) is 33.8 Å². The summed E-state index contributed by atoms with van der Waals surface area (Å²) >= 11 is 0. The lowest BCUT2D eigenvalue weighted by atomic mass is 9.87. The number of hydrogen-bond donors (Lipinski definition) is 1. The van der Waals surface area contributed by atoms with Crippen LogP contribution >= 0.6 is 0 Å². The van der Waals surface area contributed by atoms with Crippen LogP contribution in [0.4, 0.5) is 0 Å². The number of guanidine groups is 1. The first-order chi connectivity index (χ1) is 8.63. The number of aliphatic imine (C=N–C) groups is 1. The van der Waals surface area contributed by atoms with E-state index in [-0.39, 0.29) is 5.54 Å². The molecule has 2 atom stereocenters. The maximum absolute atomic E-state index is 6.14. The molecule has 0 saturated carbocycles. The molecule has 2 saturated heterocycles. The first-order valence-corrected chi connectivity index (χ1v) is 7.10. The van der Waals surface area contributed by atoms with Crippen LogP contribution in [0.25, 0.3) is 0 Å². The third kappa shape index (κ3) is 1.72. The van der Waals surface area contributed by atoms with Crippen LogP contribution in [0.5, 0.6) is 0 Å². The largest absolute Gasteiger partial charge is 0.370 e. The van der Waals surface area contributed by atoms with Crippen LogP contribution in [0.2, 0.25) is 0 Å². The highest BCUT2D eigenvalue weighted by Crippen LogP contribution is 2.42. The number of hydrogen-bond acceptors (Lipinski definition) is 5. The lowest BCUT2D eigenvalue weighted by Crippen LogP contribution is -2.58. The van der Waals surface area contributed by atoms with Gasteiger partial charge in [0.25, 0.3) is 0 Å². The summed E-state index contributed by atoms with van der Waals surface area (Å²) in [4.78, 5) is 11.8. The van der Waals surface area contributed by atoms with E-state index in [9.17, 15) is 0 Å². The van der Waals surface area contributed by atoms with Crippen molar-refractivity contribution in [3.05, 3.63) is 0 Å². The highest BCUT2D eigenvalue weighted by atomic mass is 15.4. The Morgan fingerprint density at radius 2 is 2.28 bits per heavy atom. The van der Waals surface area contributed by atoms with E-state index in [4.69, 9.17) is 5.73 Å². The fourth-order valence-electron chi connectivity index (χ4n) is 3.96. The zero-order chi connectivity index (χ0) is 12.8. The molecule has 2 unspecified atom stereocenters. The van der Waals surface area contributed by atoms with Gasteiger partial charge in [-0.2, -0.15) is 0 Å². The summed E-state index contributed by atoms with van der Waals surface area (Å²) in [6.45, 7) is 5.46. The van der Waals surface area contributed by atoms with Gasteiger partial charge in [0.15, 0.2) is 5.96 Å². The van der Waals surface area contributed by atoms with Crippen molar-refractivity contribution in [1.29, 1.82) is 0 Å². The van der Waals surface area contributed by atoms with E-state index >= 15 is 0 Å². The normalized spacial score (nSPS) is 35.8. The number of nitrogens with zero attached hydrogens (tertiary/aromatic N) is 4. The molecule has 3 aliphatic rings. The van der Waals surface area contributed by atoms with Gasteiger partial charge in [0.05, 0.1) is 12.1 Å². The highest BCUT2D eigenvalue weighted by molar-refractivity contribution is 5.81. The fourth-order valence-corrected chi connectivity index (χ4v) is 3.96. The molecule has 0 amide bonds. The van der Waals surface area contributed by atoms with Crippen molar-refractivity contribution in [1.82, 2.24) is 14.7 Å². The van der Waals surface area contributed by atoms with Gasteiger partial charge in [-0.15, -0.1) is 0 Å². The highest BCUT2D eigenvalue weighted by Gasteiger charge is 2.55. The quantitative estimate of drug-likeness (QED) is 0.754. The Bertz CT molecular complexity index is 353. The van der Waals surface area contributed by atoms with E-state index in [0.29, 0.717) is 6.04 Å². The fraction of sp³-hybridized carbons (Fsp3) is 0.923. The van der Waals surface area contributed by atoms with Crippen LogP contribution in [-0.4, -0.2) is 79.1 Å². The van der Waals surface area contributed by atoms with Gasteiger partial charge in [-0.25, -0.2) is 0 Å². The SMILES string of the molecule is CN(C)CCN1C(N)=NCC12CCN1CCCC12. The van der Waals surface area contributed by atoms with Gasteiger partial charge in [-0.3, -0.25) is 9.89 Å². The monoisotopic (exact) mass is 251 g/mol. The molecule has 0 aliphatic carbocycles. The topological polar surface area (TPSA) is 48.1 Å². The van der Waals surface area contributed by atoms with Crippen molar-refractivity contribution in [2.45, 2.75) is 30.8 Å². The smallest absolute Gasteiger partial charge is 0.191 e. The van der Waals surface area contributed by atoms with Crippen molar-refractivity contribution < 1.29 is 0 Å². The summed E-state index contributed by atoms with van der Waals surface area (Å²) in [7, 11) is 4.24. The van der Waals surface area contributed by atoms with Gasteiger partial charge < -0.3 is 15.5 Å². The Kier molecular flexibility index (Phi) is 2.98. The summed E-state index contributed by atoms with van der Waals surface area (Å²) in [6.07, 6.45) is 3.89. The van der Waals surface area contributed by atoms with Crippen molar-refractivity contribution in [3.8, 4) is 0 Å². The first kappa shape index (κ1) is 12.2. The van der Waals surface area contributed by atoms with E-state index in [1.165, 1.54) is 32.4 Å². The second-order valence-electron chi connectivity index (χ2n) is 6.18. The van der Waals surface area contributed by atoms with Crippen LogP contribution in [0.1, 0.15) is 19.3 Å². The zero-order valence-electron chi connectivity index (χ0n) is 11.6. The maximum atomic E-state index is 6.14. The van der Waals surface area contributed by atoms with E-state index in [1.54, 1.807) is 0 Å². The Morgan fingerprint density at radius 1 is 1.44 bits per heavy atom. The molecule has 18 heavy (non-hydrogen) atoms. The molecule has 0 aromatic heterocycles. The number of fused-ring (bicyclic) bond motifs is 2. The summed E-state index contributed by atoms with van der Waals surface area (Å²) in [5.41, 5.74) is 6.36. The zero-order valence-corrected chi connectivity index (χ0v) is 11.6. The summed E-state index contributed by atoms with van der Waals surface area (Å²) in [6, 6.07) is 0.685. The van der Waals surface area contributed by atoms with Gasteiger partial charge >= 0.3 is 0 Å². The number of likely N-dealkylation sites (N-methyl/N-ethyl adjacent to an activating group) is 1. The average Bonchev–Trinajstić information content (AvgIpc) is 2.96. The molecule has 0 bridgehead atoms. The minimum absolute atomic E-state index is 0.219. The van der Waals surface area contributed by atoms with Crippen molar-refractivity contribution in [2.24, 2.45) is 10.7 Å². The predicted molar refractivity (Wildman–Crippen MR) is 73.7 cm³/mol. The predicted octanol–water partition coefficient (Wildman–Crippen LogP) is -0.215. The lowest BCUT2D eigenvalue weighted by Gasteiger charge is -2.41. The Labute approximate surface area is 110 Å². The third-order valence-corrected chi connectivity index (χ3v) is 4.92. The minimum Gasteiger partial charge on any atom is -0.370 e.